The lowest BCUT2D eigenvalue weighted by atomic mass is 9.46. The standard InChI is InChI=1S/C31H50O4.2C27H42O4/c1-7-9-11-22(8-2)28-33-19-25(20-34-28)35-29(32)31(6)16-10-12-27-26-14-13-23(21(3)4)18-24(26)15-17-30(27,31)5;1-17(2)19-9-10-22-20(14-19)11-13-26(5)23(22)8-7-12-27(26,6)25(28)31-21-15-29-24(18(3)4)30-16-21;1-6-8-24-29-16-21(17-30-24)31-25(28)27(5)13-7-9-23-22-11-10-19(18(2)3)15-20(22)12-14-26(23,27)4/h15,18,21-22,25-28H,7-14,16-17,19-20H2,1-6H3;11,14,17-18,21-24H,7-10,12-13,15-16H2,1-6H3;12,15,18,21-24H,6-11,13-14,16-17H2,1-5H3/t22?,25?,26-,27-,28?,30-,31-;2*21?,22-,23-,24?,26-,27-/m000/s1. The first-order valence-corrected chi connectivity index (χ1v) is 39.7. The number of carbonyl (C=O) groups is 3. The van der Waals surface area contributed by atoms with Crippen molar-refractivity contribution in [2.75, 3.05) is 39.6 Å². The molecule has 0 radical (unpaired) electrons. The number of rotatable bonds is 17. The Kier molecular flexibility index (Phi) is 25.2. The fourth-order valence-corrected chi connectivity index (χ4v) is 20.7. The lowest BCUT2D eigenvalue weighted by Gasteiger charge is -2.58. The molecule has 546 valence electrons. The Morgan fingerprint density at radius 3 is 1.08 bits per heavy atom. The molecule has 0 bridgehead atoms. The Morgan fingerprint density at radius 1 is 0.454 bits per heavy atom. The third kappa shape index (κ3) is 15.6. The van der Waals surface area contributed by atoms with E-state index in [0.29, 0.717) is 105 Å². The molecule has 12 heteroatoms. The Balaban J connectivity index is 0.000000158. The van der Waals surface area contributed by atoms with Gasteiger partial charge in [0.05, 0.1) is 55.9 Å². The summed E-state index contributed by atoms with van der Waals surface area (Å²) in [6.45, 7) is 40.8. The first-order chi connectivity index (χ1) is 46.2. The average molecular weight is 1350 g/mol. The normalized spacial score (nSPS) is 39.7. The zero-order valence-electron chi connectivity index (χ0n) is 63.9. The van der Waals surface area contributed by atoms with Crippen molar-refractivity contribution in [3.05, 3.63) is 69.9 Å². The van der Waals surface area contributed by atoms with E-state index in [4.69, 9.17) is 42.6 Å². The predicted molar refractivity (Wildman–Crippen MR) is 385 cm³/mol. The molecule has 3 heterocycles. The van der Waals surface area contributed by atoms with Crippen molar-refractivity contribution >= 4 is 17.9 Å². The first-order valence-electron chi connectivity index (χ1n) is 39.7. The van der Waals surface area contributed by atoms with Crippen LogP contribution in [-0.2, 0) is 57.0 Å². The van der Waals surface area contributed by atoms with Crippen molar-refractivity contribution in [2.45, 2.75) is 309 Å². The monoisotopic (exact) mass is 1350 g/mol. The molecule has 1 unspecified atom stereocenters. The fourth-order valence-electron chi connectivity index (χ4n) is 20.7. The van der Waals surface area contributed by atoms with Gasteiger partial charge >= 0.3 is 17.9 Å². The van der Waals surface area contributed by atoms with Crippen LogP contribution in [0.1, 0.15) is 272 Å². The van der Waals surface area contributed by atoms with Crippen molar-refractivity contribution in [2.24, 2.45) is 97.6 Å². The highest BCUT2D eigenvalue weighted by molar-refractivity contribution is 5.79. The molecule has 12 nitrogen and oxygen atoms in total. The quantitative estimate of drug-likeness (QED) is 0.101. The maximum absolute atomic E-state index is 13.8. The topological polar surface area (TPSA) is 134 Å². The van der Waals surface area contributed by atoms with Crippen LogP contribution in [0.3, 0.4) is 0 Å². The summed E-state index contributed by atoms with van der Waals surface area (Å²) in [6.07, 6.45) is 39.7. The van der Waals surface area contributed by atoms with E-state index < -0.39 is 16.2 Å². The molecule has 97 heavy (non-hydrogen) atoms. The zero-order chi connectivity index (χ0) is 69.8. The smallest absolute Gasteiger partial charge is 0.312 e. The first kappa shape index (κ1) is 76.3. The molecule has 0 amide bonds. The molecular weight excluding hydrogens is 1210 g/mol. The van der Waals surface area contributed by atoms with Crippen LogP contribution in [-0.4, -0.2) is 94.7 Å². The molecule has 9 aliphatic carbocycles. The van der Waals surface area contributed by atoms with Crippen LogP contribution in [0.5, 0.6) is 0 Å². The van der Waals surface area contributed by atoms with Crippen LogP contribution >= 0.6 is 0 Å². The minimum atomic E-state index is -0.468. The molecule has 13 atom stereocenters. The summed E-state index contributed by atoms with van der Waals surface area (Å²) in [5.74, 6) is 5.86. The van der Waals surface area contributed by atoms with E-state index in [1.807, 2.05) is 0 Å². The predicted octanol–water partition coefficient (Wildman–Crippen LogP) is 19.9. The maximum atomic E-state index is 13.8. The number of fused-ring (bicyclic) bond motifs is 9. The molecule has 12 rings (SSSR count). The van der Waals surface area contributed by atoms with Gasteiger partial charge in [-0.3, -0.25) is 14.4 Å². The fraction of sp³-hybridized carbons (Fsp3) is 0.824. The van der Waals surface area contributed by atoms with E-state index in [0.717, 1.165) is 83.5 Å². The number of esters is 3. The molecule has 6 fully saturated rings. The minimum Gasteiger partial charge on any atom is -0.457 e. The Labute approximate surface area is 588 Å². The number of hydrogen-bond donors (Lipinski definition) is 0. The molecule has 0 spiro atoms. The Hall–Kier alpha value is -3.39. The molecule has 0 aromatic heterocycles. The van der Waals surface area contributed by atoms with Crippen LogP contribution < -0.4 is 0 Å². The number of allylic oxidation sites excluding steroid dienone is 12. The van der Waals surface area contributed by atoms with Crippen molar-refractivity contribution in [3.8, 4) is 0 Å². The average Bonchev–Trinajstić information content (AvgIpc) is 0.735. The van der Waals surface area contributed by atoms with Crippen LogP contribution in [0.25, 0.3) is 0 Å². The van der Waals surface area contributed by atoms with Gasteiger partial charge in [-0.25, -0.2) is 0 Å². The second kappa shape index (κ2) is 32.1. The summed E-state index contributed by atoms with van der Waals surface area (Å²) >= 11 is 0. The summed E-state index contributed by atoms with van der Waals surface area (Å²) in [6, 6.07) is 0. The summed E-state index contributed by atoms with van der Waals surface area (Å²) in [4.78, 5) is 41.0. The third-order valence-electron chi connectivity index (χ3n) is 28.2. The minimum absolute atomic E-state index is 0.0376. The second-order valence-electron chi connectivity index (χ2n) is 35.1. The van der Waals surface area contributed by atoms with E-state index in [2.05, 4.69) is 154 Å². The third-order valence-corrected chi connectivity index (χ3v) is 28.2. The molecule has 0 aromatic carbocycles. The van der Waals surface area contributed by atoms with Crippen LogP contribution in [0.2, 0.25) is 0 Å². The zero-order valence-corrected chi connectivity index (χ0v) is 63.9. The molecule has 3 saturated carbocycles. The van der Waals surface area contributed by atoms with Gasteiger partial charge in [0.25, 0.3) is 0 Å². The molecular formula is C85H134O12. The SMILES string of the molecule is CC(C)C1=CC2=CC[C@@]3(C)[C@@H](CCC[C@@]3(C)C(=O)OC3COC(C(C)C)OC3)[C@H]2CC1.CCCC1OCC(OC(=O)[C@]2(C)CCC[C@H]3[C@H]4CCC(C(C)C)=CC4=CC[C@@]32C)CO1.CCCCC(CC)C1OCC(OC(=O)[C@]2(C)CCC[C@H]3[C@H]4CCC(C(C)C)=CC4=CC[C@@]32C)CO1. The molecule has 12 aliphatic rings. The van der Waals surface area contributed by atoms with Gasteiger partial charge in [-0.2, -0.15) is 0 Å². The van der Waals surface area contributed by atoms with Crippen molar-refractivity contribution in [1.82, 2.24) is 0 Å². The Morgan fingerprint density at radius 2 is 0.784 bits per heavy atom. The maximum Gasteiger partial charge on any atom is 0.312 e. The van der Waals surface area contributed by atoms with Crippen LogP contribution in [0, 0.1) is 97.6 Å². The van der Waals surface area contributed by atoms with E-state index in [1.54, 1.807) is 16.7 Å². The Bertz CT molecular complexity index is 2880. The van der Waals surface area contributed by atoms with Crippen molar-refractivity contribution < 1.29 is 57.0 Å². The van der Waals surface area contributed by atoms with Crippen molar-refractivity contribution in [1.29, 1.82) is 0 Å². The highest BCUT2D eigenvalue weighted by Crippen LogP contribution is 2.66. The van der Waals surface area contributed by atoms with Gasteiger partial charge in [-0.1, -0.05) is 189 Å². The summed E-state index contributed by atoms with van der Waals surface area (Å²) in [5.41, 5.74) is 7.79. The largest absolute Gasteiger partial charge is 0.457 e. The summed E-state index contributed by atoms with van der Waals surface area (Å²) in [7, 11) is 0. The van der Waals surface area contributed by atoms with Gasteiger partial charge in [0.15, 0.2) is 18.9 Å². The molecule has 0 aromatic rings. The summed E-state index contributed by atoms with van der Waals surface area (Å²) < 4.78 is 53.5. The number of unbranched alkanes of at least 4 members (excludes halogenated alkanes) is 1. The highest BCUT2D eigenvalue weighted by Gasteiger charge is 2.63. The second-order valence-corrected chi connectivity index (χ2v) is 35.1. The van der Waals surface area contributed by atoms with Crippen LogP contribution in [0.4, 0.5) is 0 Å². The van der Waals surface area contributed by atoms with Crippen molar-refractivity contribution in [3.63, 3.8) is 0 Å². The lowest BCUT2D eigenvalue weighted by Crippen LogP contribution is -2.56. The van der Waals surface area contributed by atoms with Gasteiger partial charge in [0.1, 0.15) is 18.3 Å². The number of hydrogen-bond acceptors (Lipinski definition) is 12. The van der Waals surface area contributed by atoms with E-state index in [1.165, 1.54) is 87.3 Å². The van der Waals surface area contributed by atoms with Gasteiger partial charge in [-0.15, -0.1) is 0 Å². The van der Waals surface area contributed by atoms with Gasteiger partial charge in [0, 0.05) is 11.8 Å². The highest BCUT2D eigenvalue weighted by atomic mass is 16.7. The molecule has 0 N–H and O–H groups in total. The van der Waals surface area contributed by atoms with Crippen LogP contribution in [0.15, 0.2) is 69.9 Å². The lowest BCUT2D eigenvalue weighted by molar-refractivity contribution is -0.250. The van der Waals surface area contributed by atoms with E-state index >= 15 is 0 Å². The van der Waals surface area contributed by atoms with Gasteiger partial charge in [-0.05, 0) is 223 Å². The van der Waals surface area contributed by atoms with E-state index in [-0.39, 0.29) is 71.3 Å². The number of ether oxygens (including phenoxy) is 9. The molecule has 3 saturated heterocycles. The number of carbonyl (C=O) groups excluding carboxylic acids is 3. The molecule has 3 aliphatic heterocycles. The summed E-state index contributed by atoms with van der Waals surface area (Å²) in [5, 5.41) is 0. The van der Waals surface area contributed by atoms with Gasteiger partial charge in [0.2, 0.25) is 0 Å². The van der Waals surface area contributed by atoms with Gasteiger partial charge < -0.3 is 42.6 Å². The van der Waals surface area contributed by atoms with E-state index in [9.17, 15) is 14.4 Å².